The molecule has 2 N–H and O–H groups in total. The second-order valence-corrected chi connectivity index (χ2v) is 5.56. The Morgan fingerprint density at radius 1 is 1.27 bits per heavy atom. The number of nitrogens with one attached hydrogen (secondary N) is 2. The Balaban J connectivity index is 1.62. The van der Waals surface area contributed by atoms with E-state index >= 15 is 0 Å². The van der Waals surface area contributed by atoms with Gasteiger partial charge in [-0.2, -0.15) is 0 Å². The Bertz CT molecular complexity index is 473. The van der Waals surface area contributed by atoms with Crippen LogP contribution in [0.3, 0.4) is 0 Å². The van der Waals surface area contributed by atoms with Crippen molar-refractivity contribution in [3.63, 3.8) is 0 Å². The largest absolute Gasteiger partial charge is 0.497 e. The van der Waals surface area contributed by atoms with Gasteiger partial charge in [-0.1, -0.05) is 13.3 Å². The summed E-state index contributed by atoms with van der Waals surface area (Å²) in [5.41, 5.74) is 0. The first kappa shape index (κ1) is 16.5. The summed E-state index contributed by atoms with van der Waals surface area (Å²) in [5, 5.41) is 6.74. The van der Waals surface area contributed by atoms with Crippen LogP contribution in [-0.2, 0) is 0 Å². The van der Waals surface area contributed by atoms with Gasteiger partial charge in [-0.05, 0) is 43.0 Å². The number of ether oxygens (including phenoxy) is 2. The lowest BCUT2D eigenvalue weighted by molar-refractivity contribution is 0.321. The van der Waals surface area contributed by atoms with Crippen LogP contribution >= 0.6 is 0 Å². The zero-order valence-electron chi connectivity index (χ0n) is 13.8. The fourth-order valence-corrected chi connectivity index (χ4v) is 2.49. The molecule has 2 unspecified atom stereocenters. The molecule has 1 fully saturated rings. The molecule has 0 amide bonds. The van der Waals surface area contributed by atoms with E-state index in [4.69, 9.17) is 9.47 Å². The summed E-state index contributed by atoms with van der Waals surface area (Å²) in [6.45, 7) is 3.55. The number of hydrogen-bond donors (Lipinski definition) is 2. The van der Waals surface area contributed by atoms with Crippen LogP contribution in [0.2, 0.25) is 0 Å². The van der Waals surface area contributed by atoms with Gasteiger partial charge in [-0.25, -0.2) is 0 Å². The molecule has 1 aromatic carbocycles. The molecule has 2 rings (SSSR count). The van der Waals surface area contributed by atoms with Crippen LogP contribution in [0.15, 0.2) is 29.3 Å². The number of rotatable bonds is 8. The highest BCUT2D eigenvalue weighted by Gasteiger charge is 2.36. The lowest BCUT2D eigenvalue weighted by Crippen LogP contribution is -2.40. The fourth-order valence-electron chi connectivity index (χ4n) is 2.49. The van der Waals surface area contributed by atoms with Crippen LogP contribution in [0, 0.1) is 5.92 Å². The molecule has 1 saturated carbocycles. The van der Waals surface area contributed by atoms with Crippen molar-refractivity contribution in [2.45, 2.75) is 32.2 Å². The zero-order valence-corrected chi connectivity index (χ0v) is 13.8. The highest BCUT2D eigenvalue weighted by atomic mass is 16.5. The van der Waals surface area contributed by atoms with E-state index in [2.05, 4.69) is 22.5 Å². The van der Waals surface area contributed by atoms with E-state index in [-0.39, 0.29) is 0 Å². The van der Waals surface area contributed by atoms with Crippen molar-refractivity contribution in [1.82, 2.24) is 10.6 Å². The summed E-state index contributed by atoms with van der Waals surface area (Å²) in [7, 11) is 3.46. The van der Waals surface area contributed by atoms with E-state index in [9.17, 15) is 0 Å². The molecule has 0 aliphatic heterocycles. The molecule has 5 nitrogen and oxygen atoms in total. The molecule has 0 spiro atoms. The molecule has 1 aromatic rings. The molecule has 2 atom stereocenters. The third-order valence-electron chi connectivity index (χ3n) is 3.85. The van der Waals surface area contributed by atoms with Gasteiger partial charge in [0.05, 0.1) is 13.7 Å². The van der Waals surface area contributed by atoms with E-state index in [0.717, 1.165) is 29.9 Å². The van der Waals surface area contributed by atoms with Crippen molar-refractivity contribution in [2.75, 3.05) is 27.3 Å². The van der Waals surface area contributed by atoms with Crippen molar-refractivity contribution in [1.29, 1.82) is 0 Å². The molecule has 22 heavy (non-hydrogen) atoms. The maximum Gasteiger partial charge on any atom is 0.191 e. The van der Waals surface area contributed by atoms with Gasteiger partial charge in [-0.15, -0.1) is 0 Å². The zero-order chi connectivity index (χ0) is 15.8. The maximum atomic E-state index is 5.68. The molecule has 0 saturated heterocycles. The average Bonchev–Trinajstić information content (AvgIpc) is 3.29. The van der Waals surface area contributed by atoms with Crippen LogP contribution < -0.4 is 20.1 Å². The molecule has 0 bridgehead atoms. The third kappa shape index (κ3) is 5.13. The van der Waals surface area contributed by atoms with E-state index in [1.165, 1.54) is 19.3 Å². The van der Waals surface area contributed by atoms with Gasteiger partial charge in [0.1, 0.15) is 18.1 Å². The highest BCUT2D eigenvalue weighted by molar-refractivity contribution is 5.80. The lowest BCUT2D eigenvalue weighted by atomic mass is 10.2. The van der Waals surface area contributed by atoms with Crippen LogP contribution in [0.1, 0.15) is 26.2 Å². The molecule has 0 radical (unpaired) electrons. The first-order chi connectivity index (χ1) is 10.8. The fraction of sp³-hybridized carbons (Fsp3) is 0.588. The van der Waals surface area contributed by atoms with E-state index in [0.29, 0.717) is 12.6 Å². The SMILES string of the molecule is CCCC1CC1NC(=NC)NCCOc1ccc(OC)cc1. The van der Waals surface area contributed by atoms with Crippen molar-refractivity contribution < 1.29 is 9.47 Å². The maximum absolute atomic E-state index is 5.68. The molecule has 0 heterocycles. The van der Waals surface area contributed by atoms with Crippen LogP contribution in [0.4, 0.5) is 0 Å². The molecule has 5 heteroatoms. The summed E-state index contributed by atoms with van der Waals surface area (Å²) in [6, 6.07) is 8.19. The number of hydrogen-bond acceptors (Lipinski definition) is 3. The Hall–Kier alpha value is -1.91. The van der Waals surface area contributed by atoms with E-state index in [1.807, 2.05) is 24.3 Å². The minimum Gasteiger partial charge on any atom is -0.497 e. The van der Waals surface area contributed by atoms with Crippen molar-refractivity contribution in [3.8, 4) is 11.5 Å². The number of nitrogens with zero attached hydrogens (tertiary/aromatic N) is 1. The van der Waals surface area contributed by atoms with Crippen LogP contribution in [0.5, 0.6) is 11.5 Å². The van der Waals surface area contributed by atoms with Crippen molar-refractivity contribution in [2.24, 2.45) is 10.9 Å². The smallest absolute Gasteiger partial charge is 0.191 e. The molecular weight excluding hydrogens is 278 g/mol. The summed E-state index contributed by atoms with van der Waals surface area (Å²) in [4.78, 5) is 4.25. The van der Waals surface area contributed by atoms with Gasteiger partial charge < -0.3 is 20.1 Å². The molecule has 1 aliphatic carbocycles. The normalized spacial score (nSPS) is 20.4. The average molecular weight is 305 g/mol. The quantitative estimate of drug-likeness (QED) is 0.440. The Labute approximate surface area is 133 Å². The van der Waals surface area contributed by atoms with E-state index in [1.54, 1.807) is 14.2 Å². The predicted molar refractivity (Wildman–Crippen MR) is 89.8 cm³/mol. The van der Waals surface area contributed by atoms with Crippen LogP contribution in [-0.4, -0.2) is 39.3 Å². The van der Waals surface area contributed by atoms with Gasteiger partial charge in [0.2, 0.25) is 0 Å². The van der Waals surface area contributed by atoms with Crippen LogP contribution in [0.25, 0.3) is 0 Å². The minimum atomic E-state index is 0.591. The van der Waals surface area contributed by atoms with Crippen molar-refractivity contribution >= 4 is 5.96 Å². The molecule has 0 aromatic heterocycles. The molecule has 1 aliphatic rings. The first-order valence-corrected chi connectivity index (χ1v) is 8.00. The van der Waals surface area contributed by atoms with Gasteiger partial charge in [0, 0.05) is 13.1 Å². The number of benzene rings is 1. The van der Waals surface area contributed by atoms with Crippen molar-refractivity contribution in [3.05, 3.63) is 24.3 Å². The highest BCUT2D eigenvalue weighted by Crippen LogP contribution is 2.34. The molecular formula is C17H27N3O2. The Kier molecular flexibility index (Phi) is 6.37. The van der Waals surface area contributed by atoms with E-state index < -0.39 is 0 Å². The number of methoxy groups -OCH3 is 1. The lowest BCUT2D eigenvalue weighted by Gasteiger charge is -2.12. The topological polar surface area (TPSA) is 54.9 Å². The van der Waals surface area contributed by atoms with Gasteiger partial charge in [0.25, 0.3) is 0 Å². The Morgan fingerprint density at radius 3 is 2.64 bits per heavy atom. The number of guanidine groups is 1. The Morgan fingerprint density at radius 2 is 2.00 bits per heavy atom. The summed E-state index contributed by atoms with van der Waals surface area (Å²) in [5.74, 6) is 3.36. The third-order valence-corrected chi connectivity index (χ3v) is 3.85. The number of aliphatic imine (C=N–C) groups is 1. The second-order valence-electron chi connectivity index (χ2n) is 5.56. The van der Waals surface area contributed by atoms with Gasteiger partial charge in [0.15, 0.2) is 5.96 Å². The summed E-state index contributed by atoms with van der Waals surface area (Å²) < 4.78 is 10.8. The standard InChI is InChI=1S/C17H27N3O2/c1-4-5-13-12-16(13)20-17(18-2)19-10-11-22-15-8-6-14(21-3)7-9-15/h6-9,13,16H,4-5,10-12H2,1-3H3,(H2,18,19,20). The monoisotopic (exact) mass is 305 g/mol. The van der Waals surface area contributed by atoms with Gasteiger partial charge >= 0.3 is 0 Å². The summed E-state index contributed by atoms with van der Waals surface area (Å²) in [6.07, 6.45) is 3.82. The summed E-state index contributed by atoms with van der Waals surface area (Å²) >= 11 is 0. The second kappa shape index (κ2) is 8.51. The predicted octanol–water partition coefficient (Wildman–Crippen LogP) is 2.43. The molecule has 122 valence electrons. The minimum absolute atomic E-state index is 0.591. The van der Waals surface area contributed by atoms with Gasteiger partial charge in [-0.3, -0.25) is 4.99 Å². The first-order valence-electron chi connectivity index (χ1n) is 8.00.